The van der Waals surface area contributed by atoms with Crippen LogP contribution < -0.4 is 4.90 Å². The van der Waals surface area contributed by atoms with Crippen LogP contribution in [0, 0.1) is 23.0 Å². The van der Waals surface area contributed by atoms with Gasteiger partial charge in [0.25, 0.3) is 11.8 Å². The maximum atomic E-state index is 14.4. The Morgan fingerprint density at radius 3 is 2.30 bits per heavy atom. The molecule has 1 fully saturated rings. The number of amides is 3. The first-order valence-electron chi connectivity index (χ1n) is 10.1. The maximum Gasteiger partial charge on any atom is 0.257 e. The first kappa shape index (κ1) is 21.8. The van der Waals surface area contributed by atoms with E-state index in [-0.39, 0.29) is 24.2 Å². The number of hydrogen-bond donors (Lipinski definition) is 0. The first-order valence-corrected chi connectivity index (χ1v) is 10.1. The lowest BCUT2D eigenvalue weighted by Crippen LogP contribution is -2.45. The number of imide groups is 1. The third-order valence-electron chi connectivity index (χ3n) is 5.38. The van der Waals surface area contributed by atoms with Crippen molar-refractivity contribution in [2.45, 2.75) is 19.0 Å². The molecule has 33 heavy (non-hydrogen) atoms. The number of halogens is 2. The van der Waals surface area contributed by atoms with Gasteiger partial charge in [0, 0.05) is 6.54 Å². The normalized spacial score (nSPS) is 15.4. The van der Waals surface area contributed by atoms with Crippen molar-refractivity contribution in [3.63, 3.8) is 0 Å². The van der Waals surface area contributed by atoms with Crippen LogP contribution in [0.1, 0.15) is 27.9 Å². The number of benzene rings is 3. The van der Waals surface area contributed by atoms with Gasteiger partial charge < -0.3 is 4.90 Å². The number of nitriles is 1. The van der Waals surface area contributed by atoms with E-state index in [9.17, 15) is 23.2 Å². The number of carbonyl (C=O) groups is 3. The molecule has 3 aromatic carbocycles. The molecule has 3 aromatic rings. The van der Waals surface area contributed by atoms with Crippen molar-refractivity contribution in [2.24, 2.45) is 0 Å². The van der Waals surface area contributed by atoms with E-state index in [2.05, 4.69) is 0 Å². The molecular weight excluding hydrogens is 428 g/mol. The molecule has 0 N–H and O–H groups in total. The highest BCUT2D eigenvalue weighted by molar-refractivity contribution is 6.23. The number of rotatable bonds is 5. The van der Waals surface area contributed by atoms with Gasteiger partial charge in [-0.2, -0.15) is 5.26 Å². The van der Waals surface area contributed by atoms with Gasteiger partial charge in [-0.05, 0) is 54.1 Å². The van der Waals surface area contributed by atoms with Gasteiger partial charge in [-0.25, -0.2) is 13.7 Å². The van der Waals surface area contributed by atoms with Crippen LogP contribution in [-0.4, -0.2) is 28.7 Å². The molecule has 8 heteroatoms. The van der Waals surface area contributed by atoms with Crippen LogP contribution in [0.3, 0.4) is 0 Å². The molecule has 0 aromatic heterocycles. The highest BCUT2D eigenvalue weighted by Crippen LogP contribution is 2.28. The summed E-state index contributed by atoms with van der Waals surface area (Å²) in [5.41, 5.74) is 0.906. The van der Waals surface area contributed by atoms with E-state index < -0.39 is 35.4 Å². The monoisotopic (exact) mass is 445 g/mol. The Labute approximate surface area is 188 Å². The van der Waals surface area contributed by atoms with Crippen molar-refractivity contribution in [3.05, 3.63) is 101 Å². The van der Waals surface area contributed by atoms with Crippen LogP contribution in [-0.2, 0) is 16.1 Å². The third-order valence-corrected chi connectivity index (χ3v) is 5.38. The second-order valence-corrected chi connectivity index (χ2v) is 7.49. The summed E-state index contributed by atoms with van der Waals surface area (Å²) in [6, 6.07) is 17.4. The predicted octanol–water partition coefficient (Wildman–Crippen LogP) is 3.81. The molecule has 0 saturated carbocycles. The van der Waals surface area contributed by atoms with Crippen LogP contribution in [0.2, 0.25) is 0 Å². The zero-order valence-electron chi connectivity index (χ0n) is 17.2. The number of hydrogen-bond acceptors (Lipinski definition) is 4. The fourth-order valence-corrected chi connectivity index (χ4v) is 3.72. The highest BCUT2D eigenvalue weighted by atomic mass is 19.1. The minimum Gasteiger partial charge on any atom is -0.322 e. The zero-order valence-corrected chi connectivity index (χ0v) is 17.2. The van der Waals surface area contributed by atoms with Crippen molar-refractivity contribution in [1.29, 1.82) is 5.26 Å². The molecule has 1 aliphatic heterocycles. The highest BCUT2D eigenvalue weighted by Gasteiger charge is 2.44. The van der Waals surface area contributed by atoms with Gasteiger partial charge in [0.1, 0.15) is 17.7 Å². The molecule has 1 unspecified atom stereocenters. The Bertz CT molecular complexity index is 1270. The van der Waals surface area contributed by atoms with E-state index in [1.54, 1.807) is 0 Å². The Morgan fingerprint density at radius 2 is 1.67 bits per heavy atom. The minimum absolute atomic E-state index is 0.127. The molecule has 164 valence electrons. The van der Waals surface area contributed by atoms with E-state index in [0.29, 0.717) is 11.1 Å². The summed E-state index contributed by atoms with van der Waals surface area (Å²) in [5, 5.41) is 8.97. The molecule has 0 spiro atoms. The molecule has 0 bridgehead atoms. The van der Waals surface area contributed by atoms with E-state index >= 15 is 0 Å². The number of nitrogens with zero attached hydrogens (tertiary/aromatic N) is 3. The van der Waals surface area contributed by atoms with Crippen molar-refractivity contribution < 1.29 is 23.2 Å². The van der Waals surface area contributed by atoms with Crippen molar-refractivity contribution in [3.8, 4) is 6.07 Å². The second kappa shape index (κ2) is 9.01. The first-order chi connectivity index (χ1) is 15.9. The molecule has 1 atom stereocenters. The molecule has 1 saturated heterocycles. The number of anilines is 1. The molecule has 3 amide bonds. The SMILES string of the molecule is N#Cc1ccc(N2C(=O)CC(N(Cc3ccc(F)cc3)C(=O)c3ccccc3F)C2=O)cc1. The molecule has 0 aliphatic carbocycles. The standard InChI is InChI=1S/C25H17F2N3O3/c26-18-9-5-17(6-10-18)15-29(24(32)20-3-1-2-4-21(20)27)22-13-23(31)30(25(22)33)19-11-7-16(14-28)8-12-19/h1-12,22H,13,15H2. The lowest BCUT2D eigenvalue weighted by atomic mass is 10.1. The summed E-state index contributed by atoms with van der Waals surface area (Å²) in [6.45, 7) is -0.127. The lowest BCUT2D eigenvalue weighted by Gasteiger charge is -2.28. The van der Waals surface area contributed by atoms with Gasteiger partial charge in [-0.3, -0.25) is 14.4 Å². The maximum absolute atomic E-state index is 14.4. The van der Waals surface area contributed by atoms with E-state index in [1.807, 2.05) is 6.07 Å². The predicted molar refractivity (Wildman–Crippen MR) is 115 cm³/mol. The van der Waals surface area contributed by atoms with E-state index in [1.165, 1.54) is 66.7 Å². The second-order valence-electron chi connectivity index (χ2n) is 7.49. The fraction of sp³-hybridized carbons (Fsp3) is 0.120. The average Bonchev–Trinajstić information content (AvgIpc) is 3.12. The summed E-state index contributed by atoms with van der Waals surface area (Å²) in [5.74, 6) is -3.15. The van der Waals surface area contributed by atoms with Gasteiger partial charge in [0.2, 0.25) is 5.91 Å². The fourth-order valence-electron chi connectivity index (χ4n) is 3.72. The third kappa shape index (κ3) is 4.34. The molecule has 4 rings (SSSR count). The van der Waals surface area contributed by atoms with Crippen LogP contribution in [0.5, 0.6) is 0 Å². The Morgan fingerprint density at radius 1 is 1.00 bits per heavy atom. The summed E-state index contributed by atoms with van der Waals surface area (Å²) in [6.07, 6.45) is -0.291. The molecule has 1 aliphatic rings. The van der Waals surface area contributed by atoms with Gasteiger partial charge >= 0.3 is 0 Å². The Hall–Kier alpha value is -4.38. The van der Waals surface area contributed by atoms with Gasteiger partial charge in [-0.1, -0.05) is 24.3 Å². The van der Waals surface area contributed by atoms with Crippen LogP contribution in [0.15, 0.2) is 72.8 Å². The number of carbonyl (C=O) groups excluding carboxylic acids is 3. The molecule has 0 radical (unpaired) electrons. The van der Waals surface area contributed by atoms with Crippen LogP contribution in [0.4, 0.5) is 14.5 Å². The van der Waals surface area contributed by atoms with Crippen molar-refractivity contribution in [2.75, 3.05) is 4.90 Å². The summed E-state index contributed by atoms with van der Waals surface area (Å²) < 4.78 is 27.7. The summed E-state index contributed by atoms with van der Waals surface area (Å²) >= 11 is 0. The van der Waals surface area contributed by atoms with Gasteiger partial charge in [-0.15, -0.1) is 0 Å². The van der Waals surface area contributed by atoms with E-state index in [4.69, 9.17) is 5.26 Å². The molecule has 6 nitrogen and oxygen atoms in total. The van der Waals surface area contributed by atoms with Crippen LogP contribution >= 0.6 is 0 Å². The zero-order chi connectivity index (χ0) is 23.5. The Kier molecular flexibility index (Phi) is 5.96. The minimum atomic E-state index is -1.18. The average molecular weight is 445 g/mol. The summed E-state index contributed by atoms with van der Waals surface area (Å²) in [7, 11) is 0. The molecular formula is C25H17F2N3O3. The van der Waals surface area contributed by atoms with Crippen LogP contribution in [0.25, 0.3) is 0 Å². The summed E-state index contributed by atoms with van der Waals surface area (Å²) in [4.78, 5) is 41.4. The lowest BCUT2D eigenvalue weighted by molar-refractivity contribution is -0.122. The largest absolute Gasteiger partial charge is 0.322 e. The van der Waals surface area contributed by atoms with Crippen molar-refractivity contribution >= 4 is 23.4 Å². The van der Waals surface area contributed by atoms with Gasteiger partial charge in [0.15, 0.2) is 0 Å². The Balaban J connectivity index is 1.70. The molecule has 1 heterocycles. The quantitative estimate of drug-likeness (QED) is 0.560. The van der Waals surface area contributed by atoms with Gasteiger partial charge in [0.05, 0.1) is 29.3 Å². The van der Waals surface area contributed by atoms with Crippen molar-refractivity contribution in [1.82, 2.24) is 4.90 Å². The topological polar surface area (TPSA) is 81.5 Å². The smallest absolute Gasteiger partial charge is 0.257 e. The van der Waals surface area contributed by atoms with E-state index in [0.717, 1.165) is 15.9 Å².